The normalized spacial score (nSPS) is 10.1. The Balaban J connectivity index is 2.52. The quantitative estimate of drug-likeness (QED) is 0.663. The van der Waals surface area contributed by atoms with Crippen LogP contribution in [0, 0.1) is 0 Å². The number of carbonyl (C=O) groups is 2. The number of carbonyl (C=O) groups excluding carboxylic acids is 2. The largest absolute Gasteiger partial charge is 0.462 e. The van der Waals surface area contributed by atoms with Crippen molar-refractivity contribution in [3.05, 3.63) is 47.7 Å². The van der Waals surface area contributed by atoms with Crippen LogP contribution in [0.4, 0.5) is 0 Å². The highest BCUT2D eigenvalue weighted by atomic mass is 16.5. The number of aromatic nitrogens is 1. The first-order valence-electron chi connectivity index (χ1n) is 5.67. The Morgan fingerprint density at radius 3 is 2.67 bits per heavy atom. The summed E-state index contributed by atoms with van der Waals surface area (Å²) in [5, 5.41) is 0. The smallest absolute Gasteiger partial charge is 0.341 e. The molecule has 0 saturated carbocycles. The van der Waals surface area contributed by atoms with Gasteiger partial charge >= 0.3 is 5.97 Å². The van der Waals surface area contributed by atoms with Crippen molar-refractivity contribution in [3.8, 4) is 11.3 Å². The van der Waals surface area contributed by atoms with E-state index in [0.717, 1.165) is 5.56 Å². The Hall–Kier alpha value is -2.36. The fourth-order valence-electron chi connectivity index (χ4n) is 1.79. The number of aromatic amines is 1. The van der Waals surface area contributed by atoms with Crippen molar-refractivity contribution >= 4 is 12.3 Å². The number of ether oxygens (including phenoxy) is 1. The van der Waals surface area contributed by atoms with Crippen LogP contribution in [0.3, 0.4) is 0 Å². The van der Waals surface area contributed by atoms with Crippen LogP contribution in [-0.4, -0.2) is 23.8 Å². The first kappa shape index (κ1) is 12.1. The molecule has 1 heterocycles. The molecule has 0 fully saturated rings. The molecule has 0 unspecified atom stereocenters. The van der Waals surface area contributed by atoms with Crippen molar-refractivity contribution in [1.82, 2.24) is 4.98 Å². The van der Waals surface area contributed by atoms with Gasteiger partial charge in [-0.2, -0.15) is 0 Å². The fourth-order valence-corrected chi connectivity index (χ4v) is 1.79. The van der Waals surface area contributed by atoms with E-state index in [1.54, 1.807) is 6.92 Å². The van der Waals surface area contributed by atoms with Gasteiger partial charge in [0.15, 0.2) is 6.29 Å². The maximum absolute atomic E-state index is 11.9. The summed E-state index contributed by atoms with van der Waals surface area (Å²) in [7, 11) is 0. The minimum Gasteiger partial charge on any atom is -0.462 e. The molecule has 2 rings (SSSR count). The lowest BCUT2D eigenvalue weighted by Crippen LogP contribution is -2.07. The van der Waals surface area contributed by atoms with E-state index in [4.69, 9.17) is 4.74 Å². The number of esters is 1. The first-order valence-corrected chi connectivity index (χ1v) is 5.67. The van der Waals surface area contributed by atoms with Crippen LogP contribution in [0.1, 0.15) is 27.6 Å². The van der Waals surface area contributed by atoms with E-state index in [0.29, 0.717) is 17.5 Å². The first-order chi connectivity index (χ1) is 8.77. The van der Waals surface area contributed by atoms with Gasteiger partial charge in [-0.1, -0.05) is 30.3 Å². The maximum Gasteiger partial charge on any atom is 0.341 e. The van der Waals surface area contributed by atoms with Crippen molar-refractivity contribution in [1.29, 1.82) is 0 Å². The average molecular weight is 243 g/mol. The monoisotopic (exact) mass is 243 g/mol. The second-order valence-corrected chi connectivity index (χ2v) is 3.70. The molecule has 1 aromatic heterocycles. The van der Waals surface area contributed by atoms with E-state index in [9.17, 15) is 9.59 Å². The second-order valence-electron chi connectivity index (χ2n) is 3.70. The topological polar surface area (TPSA) is 59.2 Å². The van der Waals surface area contributed by atoms with Gasteiger partial charge in [-0.15, -0.1) is 0 Å². The van der Waals surface area contributed by atoms with E-state index >= 15 is 0 Å². The summed E-state index contributed by atoms with van der Waals surface area (Å²) < 4.78 is 4.97. The molecule has 0 amide bonds. The number of H-pyrrole nitrogens is 1. The molecule has 2 aromatic rings. The number of nitrogens with one attached hydrogen (secondary N) is 1. The summed E-state index contributed by atoms with van der Waals surface area (Å²) >= 11 is 0. The second kappa shape index (κ2) is 5.31. The summed E-state index contributed by atoms with van der Waals surface area (Å²) in [6.45, 7) is 2.00. The molecule has 0 spiro atoms. The highest BCUT2D eigenvalue weighted by molar-refractivity contribution is 6.03. The van der Waals surface area contributed by atoms with Gasteiger partial charge in [0, 0.05) is 11.8 Å². The van der Waals surface area contributed by atoms with Crippen molar-refractivity contribution in [3.63, 3.8) is 0 Å². The zero-order valence-electron chi connectivity index (χ0n) is 9.97. The Morgan fingerprint density at radius 1 is 1.33 bits per heavy atom. The van der Waals surface area contributed by atoms with E-state index in [2.05, 4.69) is 4.98 Å². The van der Waals surface area contributed by atoms with Gasteiger partial charge < -0.3 is 9.72 Å². The zero-order chi connectivity index (χ0) is 13.0. The lowest BCUT2D eigenvalue weighted by atomic mass is 10.1. The van der Waals surface area contributed by atoms with Gasteiger partial charge in [0.25, 0.3) is 0 Å². The van der Waals surface area contributed by atoms with Crippen molar-refractivity contribution in [2.45, 2.75) is 6.92 Å². The Labute approximate surface area is 105 Å². The summed E-state index contributed by atoms with van der Waals surface area (Å²) in [5.74, 6) is -0.486. The number of hydrogen-bond donors (Lipinski definition) is 1. The van der Waals surface area contributed by atoms with E-state index in [1.165, 1.54) is 6.20 Å². The van der Waals surface area contributed by atoms with Crippen molar-refractivity contribution in [2.24, 2.45) is 0 Å². The van der Waals surface area contributed by atoms with Crippen LogP contribution in [0.2, 0.25) is 0 Å². The summed E-state index contributed by atoms with van der Waals surface area (Å²) in [4.78, 5) is 25.8. The molecular weight excluding hydrogens is 230 g/mol. The van der Waals surface area contributed by atoms with Crippen molar-refractivity contribution in [2.75, 3.05) is 6.61 Å². The third-order valence-electron chi connectivity index (χ3n) is 2.58. The lowest BCUT2D eigenvalue weighted by molar-refractivity contribution is 0.0525. The number of rotatable bonds is 4. The molecule has 1 aromatic carbocycles. The van der Waals surface area contributed by atoms with Crippen LogP contribution in [0.5, 0.6) is 0 Å². The van der Waals surface area contributed by atoms with Crippen LogP contribution >= 0.6 is 0 Å². The van der Waals surface area contributed by atoms with Gasteiger partial charge in [0.2, 0.25) is 0 Å². The highest BCUT2D eigenvalue weighted by Gasteiger charge is 2.20. The minimum absolute atomic E-state index is 0.274. The Bertz CT molecular complexity index is 558. The molecule has 0 aliphatic carbocycles. The molecule has 1 N–H and O–H groups in total. The van der Waals surface area contributed by atoms with Crippen LogP contribution in [0.15, 0.2) is 36.5 Å². The van der Waals surface area contributed by atoms with Crippen LogP contribution in [-0.2, 0) is 4.74 Å². The van der Waals surface area contributed by atoms with E-state index < -0.39 is 5.97 Å². The van der Waals surface area contributed by atoms with Gasteiger partial charge in [0.05, 0.1) is 17.9 Å². The third-order valence-corrected chi connectivity index (χ3v) is 2.58. The molecule has 0 bridgehead atoms. The molecule has 92 valence electrons. The van der Waals surface area contributed by atoms with E-state index in [-0.39, 0.29) is 12.2 Å². The van der Waals surface area contributed by atoms with Crippen molar-refractivity contribution < 1.29 is 14.3 Å². The highest BCUT2D eigenvalue weighted by Crippen LogP contribution is 2.25. The summed E-state index contributed by atoms with van der Waals surface area (Å²) in [5.41, 5.74) is 2.05. The van der Waals surface area contributed by atoms with Gasteiger partial charge in [-0.05, 0) is 12.5 Å². The molecule has 0 atom stereocenters. The van der Waals surface area contributed by atoms with Crippen LogP contribution in [0.25, 0.3) is 11.3 Å². The maximum atomic E-state index is 11.9. The van der Waals surface area contributed by atoms with Crippen LogP contribution < -0.4 is 0 Å². The molecule has 0 aliphatic heterocycles. The molecule has 18 heavy (non-hydrogen) atoms. The van der Waals surface area contributed by atoms with E-state index in [1.807, 2.05) is 30.3 Å². The Kier molecular flexibility index (Phi) is 3.57. The number of benzene rings is 1. The number of aldehydes is 1. The molecular formula is C14H13NO3. The molecule has 0 saturated heterocycles. The average Bonchev–Trinajstić information content (AvgIpc) is 2.84. The Morgan fingerprint density at radius 2 is 2.06 bits per heavy atom. The third kappa shape index (κ3) is 2.18. The predicted molar refractivity (Wildman–Crippen MR) is 67.6 cm³/mol. The zero-order valence-corrected chi connectivity index (χ0v) is 9.97. The van der Waals surface area contributed by atoms with Gasteiger partial charge in [0.1, 0.15) is 0 Å². The standard InChI is InChI=1S/C14H13NO3/c1-2-18-14(17)12-11(9-16)8-15-13(12)10-6-4-3-5-7-10/h3-9,15H,2H2,1H3. The lowest BCUT2D eigenvalue weighted by Gasteiger charge is -2.05. The molecule has 4 nitrogen and oxygen atoms in total. The molecule has 4 heteroatoms. The van der Waals surface area contributed by atoms with Gasteiger partial charge in [-0.3, -0.25) is 4.79 Å². The summed E-state index contributed by atoms with van der Waals surface area (Å²) in [6.07, 6.45) is 2.16. The SMILES string of the molecule is CCOC(=O)c1c(C=O)c[nH]c1-c1ccccc1. The number of hydrogen-bond acceptors (Lipinski definition) is 3. The fraction of sp³-hybridized carbons (Fsp3) is 0.143. The van der Waals surface area contributed by atoms with Gasteiger partial charge in [-0.25, -0.2) is 4.79 Å². The summed E-state index contributed by atoms with van der Waals surface area (Å²) in [6, 6.07) is 9.35. The molecule has 0 radical (unpaired) electrons. The predicted octanol–water partition coefficient (Wildman–Crippen LogP) is 2.67. The minimum atomic E-state index is -0.486. The molecule has 0 aliphatic rings.